The number of hydrogen-bond donors (Lipinski definition) is 3. The van der Waals surface area contributed by atoms with Crippen molar-refractivity contribution in [1.82, 2.24) is 15.4 Å². The van der Waals surface area contributed by atoms with Crippen LogP contribution in [-0.4, -0.2) is 41.1 Å². The van der Waals surface area contributed by atoms with Crippen LogP contribution in [0.2, 0.25) is 4.34 Å². The summed E-state index contributed by atoms with van der Waals surface area (Å²) in [4.78, 5) is 4.08. The molecule has 0 unspecified atom stereocenters. The van der Waals surface area contributed by atoms with Gasteiger partial charge >= 0.3 is 0 Å². The zero-order valence-electron chi connectivity index (χ0n) is 13.4. The first-order chi connectivity index (χ1) is 10.3. The first-order valence-corrected chi connectivity index (χ1v) is 9.72. The third-order valence-electron chi connectivity index (χ3n) is 2.76. The lowest BCUT2D eigenvalue weighted by Crippen LogP contribution is -2.41. The number of aliphatic imine (C=N–C) groups is 1. The third-order valence-corrected chi connectivity index (χ3v) is 5.94. The van der Waals surface area contributed by atoms with Gasteiger partial charge in [0.15, 0.2) is 5.96 Å². The normalized spacial score (nSPS) is 12.1. The number of hydrogen-bond acceptors (Lipinski definition) is 4. The molecule has 0 bridgehead atoms. The SMILES string of the molecule is CN=C(NCCNS(=O)(=O)c1ccc(Cl)s1)NCCC(C)C.I. The second-order valence-corrected chi connectivity index (χ2v) is 8.77. The summed E-state index contributed by atoms with van der Waals surface area (Å²) in [7, 11) is -1.81. The molecular formula is C13H24ClIN4O2S2. The van der Waals surface area contributed by atoms with E-state index in [9.17, 15) is 8.42 Å². The van der Waals surface area contributed by atoms with Crippen molar-refractivity contribution in [3.63, 3.8) is 0 Å². The fraction of sp³-hybridized carbons (Fsp3) is 0.615. The molecule has 1 rings (SSSR count). The van der Waals surface area contributed by atoms with E-state index in [1.165, 1.54) is 6.07 Å². The summed E-state index contributed by atoms with van der Waals surface area (Å²) in [6.45, 7) is 5.85. The summed E-state index contributed by atoms with van der Waals surface area (Å²) in [5, 5.41) is 6.24. The number of halogens is 2. The van der Waals surface area contributed by atoms with E-state index in [0.717, 1.165) is 24.3 Å². The van der Waals surface area contributed by atoms with Crippen LogP contribution in [0.15, 0.2) is 21.3 Å². The summed E-state index contributed by atoms with van der Waals surface area (Å²) in [5.74, 6) is 1.29. The van der Waals surface area contributed by atoms with Gasteiger partial charge in [0.25, 0.3) is 0 Å². The summed E-state index contributed by atoms with van der Waals surface area (Å²) < 4.78 is 27.1. The Kier molecular flexibility index (Phi) is 11.4. The van der Waals surface area contributed by atoms with Crippen LogP contribution in [0.5, 0.6) is 0 Å². The molecule has 10 heteroatoms. The van der Waals surface area contributed by atoms with E-state index in [1.807, 2.05) is 0 Å². The number of nitrogens with one attached hydrogen (secondary N) is 3. The number of thiophene rings is 1. The molecule has 0 saturated carbocycles. The zero-order chi connectivity index (χ0) is 16.6. The second kappa shape index (κ2) is 11.5. The molecule has 0 aromatic carbocycles. The molecule has 0 atom stereocenters. The van der Waals surface area contributed by atoms with Crippen molar-refractivity contribution >= 4 is 62.9 Å². The molecule has 0 saturated heterocycles. The molecule has 134 valence electrons. The average Bonchev–Trinajstić information content (AvgIpc) is 2.88. The Balaban J connectivity index is 0.00000484. The molecule has 1 heterocycles. The van der Waals surface area contributed by atoms with Gasteiger partial charge in [0.2, 0.25) is 10.0 Å². The second-order valence-electron chi connectivity index (χ2n) is 5.06. The van der Waals surface area contributed by atoms with E-state index in [4.69, 9.17) is 11.6 Å². The van der Waals surface area contributed by atoms with Crippen LogP contribution >= 0.6 is 46.9 Å². The van der Waals surface area contributed by atoms with E-state index in [-0.39, 0.29) is 34.7 Å². The number of guanidine groups is 1. The van der Waals surface area contributed by atoms with Crippen molar-refractivity contribution in [3.05, 3.63) is 16.5 Å². The molecule has 1 aromatic rings. The summed E-state index contributed by atoms with van der Waals surface area (Å²) in [5.41, 5.74) is 0. The van der Waals surface area contributed by atoms with Crippen LogP contribution in [-0.2, 0) is 10.0 Å². The standard InChI is InChI=1S/C13H23ClN4O2S2.HI/c1-10(2)6-7-16-13(15-3)17-8-9-18-22(19,20)12-5-4-11(14)21-12;/h4-5,10,18H,6-9H2,1-3H3,(H2,15,16,17);1H. The van der Waals surface area contributed by atoms with Gasteiger partial charge in [-0.3, -0.25) is 4.99 Å². The Hall–Kier alpha value is -0.100. The largest absolute Gasteiger partial charge is 0.356 e. The molecule has 0 amide bonds. The van der Waals surface area contributed by atoms with Crippen molar-refractivity contribution in [3.8, 4) is 0 Å². The van der Waals surface area contributed by atoms with Crippen molar-refractivity contribution in [2.75, 3.05) is 26.7 Å². The molecular weight excluding hydrogens is 471 g/mol. The lowest BCUT2D eigenvalue weighted by Gasteiger charge is -2.13. The molecule has 3 N–H and O–H groups in total. The lowest BCUT2D eigenvalue weighted by atomic mass is 10.1. The fourth-order valence-electron chi connectivity index (χ4n) is 1.58. The van der Waals surface area contributed by atoms with Gasteiger partial charge in [-0.05, 0) is 24.5 Å². The van der Waals surface area contributed by atoms with Crippen LogP contribution in [0.25, 0.3) is 0 Å². The molecule has 6 nitrogen and oxygen atoms in total. The Morgan fingerprint density at radius 1 is 1.26 bits per heavy atom. The van der Waals surface area contributed by atoms with Crippen molar-refractivity contribution in [2.24, 2.45) is 10.9 Å². The van der Waals surface area contributed by atoms with Crippen LogP contribution in [0.4, 0.5) is 0 Å². The number of nitrogens with zero attached hydrogens (tertiary/aromatic N) is 1. The van der Waals surface area contributed by atoms with Gasteiger partial charge in [0, 0.05) is 26.7 Å². The van der Waals surface area contributed by atoms with Crippen LogP contribution in [0, 0.1) is 5.92 Å². The lowest BCUT2D eigenvalue weighted by molar-refractivity contribution is 0.571. The maximum atomic E-state index is 12.0. The summed E-state index contributed by atoms with van der Waals surface area (Å²) in [6.07, 6.45) is 1.05. The Morgan fingerprint density at radius 3 is 2.43 bits per heavy atom. The molecule has 0 aliphatic carbocycles. The zero-order valence-corrected chi connectivity index (χ0v) is 18.1. The molecule has 0 fully saturated rings. The molecule has 1 aromatic heterocycles. The van der Waals surface area contributed by atoms with Gasteiger partial charge in [0.05, 0.1) is 4.34 Å². The summed E-state index contributed by atoms with van der Waals surface area (Å²) in [6, 6.07) is 3.06. The van der Waals surface area contributed by atoms with Gasteiger partial charge in [-0.25, -0.2) is 13.1 Å². The third kappa shape index (κ3) is 9.08. The van der Waals surface area contributed by atoms with Gasteiger partial charge < -0.3 is 10.6 Å². The topological polar surface area (TPSA) is 82.6 Å². The van der Waals surface area contributed by atoms with Crippen LogP contribution in [0.1, 0.15) is 20.3 Å². The predicted molar refractivity (Wildman–Crippen MR) is 109 cm³/mol. The van der Waals surface area contributed by atoms with E-state index in [2.05, 4.69) is 34.2 Å². The van der Waals surface area contributed by atoms with E-state index >= 15 is 0 Å². The molecule has 0 aliphatic rings. The van der Waals surface area contributed by atoms with Crippen molar-refractivity contribution in [1.29, 1.82) is 0 Å². The van der Waals surface area contributed by atoms with E-state index < -0.39 is 10.0 Å². The van der Waals surface area contributed by atoms with Crippen molar-refractivity contribution in [2.45, 2.75) is 24.5 Å². The quantitative estimate of drug-likeness (QED) is 0.224. The van der Waals surface area contributed by atoms with Crippen LogP contribution < -0.4 is 15.4 Å². The van der Waals surface area contributed by atoms with Gasteiger partial charge in [-0.1, -0.05) is 25.4 Å². The number of rotatable bonds is 8. The minimum Gasteiger partial charge on any atom is -0.356 e. The number of sulfonamides is 1. The first-order valence-electron chi connectivity index (χ1n) is 7.04. The maximum absolute atomic E-state index is 12.0. The molecule has 0 aliphatic heterocycles. The predicted octanol–water partition coefficient (Wildman–Crippen LogP) is 2.51. The van der Waals surface area contributed by atoms with Gasteiger partial charge in [-0.2, -0.15) is 0 Å². The van der Waals surface area contributed by atoms with Gasteiger partial charge in [-0.15, -0.1) is 35.3 Å². The molecule has 0 radical (unpaired) electrons. The van der Waals surface area contributed by atoms with E-state index in [1.54, 1.807) is 13.1 Å². The minimum absolute atomic E-state index is 0. The highest BCUT2D eigenvalue weighted by atomic mass is 127. The minimum atomic E-state index is -3.49. The Bertz CT molecular complexity index is 591. The highest BCUT2D eigenvalue weighted by Gasteiger charge is 2.15. The van der Waals surface area contributed by atoms with Crippen molar-refractivity contribution < 1.29 is 8.42 Å². The highest BCUT2D eigenvalue weighted by molar-refractivity contribution is 14.0. The Labute approximate surface area is 164 Å². The monoisotopic (exact) mass is 494 g/mol. The Morgan fingerprint density at radius 2 is 1.91 bits per heavy atom. The smallest absolute Gasteiger partial charge is 0.250 e. The average molecular weight is 495 g/mol. The summed E-state index contributed by atoms with van der Waals surface area (Å²) >= 11 is 6.78. The molecule has 0 spiro atoms. The molecule has 23 heavy (non-hydrogen) atoms. The first kappa shape index (κ1) is 22.9. The van der Waals surface area contributed by atoms with Gasteiger partial charge in [0.1, 0.15) is 4.21 Å². The maximum Gasteiger partial charge on any atom is 0.250 e. The highest BCUT2D eigenvalue weighted by Crippen LogP contribution is 2.24. The van der Waals surface area contributed by atoms with Crippen LogP contribution in [0.3, 0.4) is 0 Å². The fourth-order valence-corrected chi connectivity index (χ4v) is 4.14. The van der Waals surface area contributed by atoms with E-state index in [0.29, 0.717) is 22.8 Å².